The van der Waals surface area contributed by atoms with Crippen molar-refractivity contribution in [2.24, 2.45) is 7.05 Å². The number of hydrogen-bond acceptors (Lipinski definition) is 1. The maximum atomic E-state index is 11.6. The molecule has 0 unspecified atom stereocenters. The summed E-state index contributed by atoms with van der Waals surface area (Å²) in [6.07, 6.45) is 1.91. The van der Waals surface area contributed by atoms with Gasteiger partial charge in [-0.3, -0.25) is 4.79 Å². The van der Waals surface area contributed by atoms with E-state index in [0.29, 0.717) is 0 Å². The Kier molecular flexibility index (Phi) is 1.24. The summed E-state index contributed by atoms with van der Waals surface area (Å²) >= 11 is 0. The number of nitrogens with zero attached hydrogens (tertiary/aromatic N) is 1. The molecule has 14 heavy (non-hydrogen) atoms. The van der Waals surface area contributed by atoms with Crippen molar-refractivity contribution in [1.29, 1.82) is 0 Å². The summed E-state index contributed by atoms with van der Waals surface area (Å²) in [5, 5.41) is 4.99. The van der Waals surface area contributed by atoms with Crippen molar-refractivity contribution in [2.45, 2.75) is 0 Å². The number of benzene rings is 1. The Balaban J connectivity index is 2.59. The van der Waals surface area contributed by atoms with Gasteiger partial charge in [-0.2, -0.15) is 4.57 Å². The van der Waals surface area contributed by atoms with Gasteiger partial charge in [0.05, 0.1) is 11.1 Å². The third kappa shape index (κ3) is 0.763. The number of carbonyl (C=O) groups excluding carboxylic acids is 1. The SMILES string of the molecule is C[n+]1ccc2cccc3c2c1C(=O)N3. The van der Waals surface area contributed by atoms with Gasteiger partial charge in [-0.25, -0.2) is 0 Å². The lowest BCUT2D eigenvalue weighted by Gasteiger charge is -1.96. The van der Waals surface area contributed by atoms with Gasteiger partial charge in [0.15, 0.2) is 6.20 Å². The quantitative estimate of drug-likeness (QED) is 0.615. The molecule has 0 bridgehead atoms. The largest absolute Gasteiger partial charge is 0.321 e. The van der Waals surface area contributed by atoms with Crippen LogP contribution >= 0.6 is 0 Å². The van der Waals surface area contributed by atoms with Gasteiger partial charge in [-0.15, -0.1) is 0 Å². The Morgan fingerprint density at radius 1 is 1.29 bits per heavy atom. The van der Waals surface area contributed by atoms with Crippen LogP contribution in [0.15, 0.2) is 30.5 Å². The van der Waals surface area contributed by atoms with E-state index in [0.717, 1.165) is 22.2 Å². The third-order valence-electron chi connectivity index (χ3n) is 2.63. The molecule has 0 saturated carbocycles. The van der Waals surface area contributed by atoms with Gasteiger partial charge < -0.3 is 5.32 Å². The lowest BCUT2D eigenvalue weighted by molar-refractivity contribution is -0.671. The highest BCUT2D eigenvalue weighted by molar-refractivity contribution is 6.21. The highest BCUT2D eigenvalue weighted by Crippen LogP contribution is 2.30. The maximum Gasteiger partial charge on any atom is 0.321 e. The van der Waals surface area contributed by atoms with Crippen molar-refractivity contribution in [1.82, 2.24) is 0 Å². The minimum absolute atomic E-state index is 0.0145. The molecule has 1 aliphatic heterocycles. The van der Waals surface area contributed by atoms with Gasteiger partial charge in [0.2, 0.25) is 0 Å². The van der Waals surface area contributed by atoms with E-state index < -0.39 is 0 Å². The topological polar surface area (TPSA) is 33.0 Å². The van der Waals surface area contributed by atoms with Crippen LogP contribution < -0.4 is 9.88 Å². The number of aromatic nitrogens is 1. The summed E-state index contributed by atoms with van der Waals surface area (Å²) in [5.41, 5.74) is 1.66. The van der Waals surface area contributed by atoms with Gasteiger partial charge in [-0.05, 0) is 11.5 Å². The first-order valence-corrected chi connectivity index (χ1v) is 4.50. The number of carbonyl (C=O) groups is 1. The average molecular weight is 185 g/mol. The number of aryl methyl sites for hydroxylation is 1. The van der Waals surface area contributed by atoms with E-state index in [2.05, 4.69) is 5.32 Å². The van der Waals surface area contributed by atoms with E-state index in [1.807, 2.05) is 42.1 Å². The number of hydrogen-bond donors (Lipinski definition) is 1. The van der Waals surface area contributed by atoms with E-state index in [1.54, 1.807) is 0 Å². The fourth-order valence-electron chi connectivity index (χ4n) is 1.98. The minimum Gasteiger partial charge on any atom is -0.316 e. The molecule has 1 N–H and O–H groups in total. The summed E-state index contributed by atoms with van der Waals surface area (Å²) in [5.74, 6) is -0.0145. The fourth-order valence-corrected chi connectivity index (χ4v) is 1.98. The molecular weight excluding hydrogens is 176 g/mol. The van der Waals surface area contributed by atoms with Crippen LogP contribution in [0.25, 0.3) is 10.8 Å². The highest BCUT2D eigenvalue weighted by atomic mass is 16.2. The van der Waals surface area contributed by atoms with Crippen molar-refractivity contribution in [3.8, 4) is 0 Å². The second-order valence-corrected chi connectivity index (χ2v) is 3.50. The predicted molar refractivity (Wildman–Crippen MR) is 53.1 cm³/mol. The second kappa shape index (κ2) is 2.32. The zero-order valence-corrected chi connectivity index (χ0v) is 7.74. The van der Waals surface area contributed by atoms with E-state index in [9.17, 15) is 4.79 Å². The van der Waals surface area contributed by atoms with Crippen molar-refractivity contribution in [3.05, 3.63) is 36.2 Å². The van der Waals surface area contributed by atoms with Crippen molar-refractivity contribution in [2.75, 3.05) is 5.32 Å². The van der Waals surface area contributed by atoms with Gasteiger partial charge in [0, 0.05) is 6.07 Å². The van der Waals surface area contributed by atoms with Crippen LogP contribution in [0.3, 0.4) is 0 Å². The predicted octanol–water partition coefficient (Wildman–Crippen LogP) is 1.23. The molecule has 0 saturated heterocycles. The Bertz CT molecular complexity index is 560. The van der Waals surface area contributed by atoms with E-state index in [1.165, 1.54) is 0 Å². The molecule has 3 nitrogen and oxygen atoms in total. The number of rotatable bonds is 0. The third-order valence-corrected chi connectivity index (χ3v) is 2.63. The van der Waals surface area contributed by atoms with Gasteiger partial charge in [-0.1, -0.05) is 12.1 Å². The Labute approximate surface area is 81.0 Å². The number of nitrogens with one attached hydrogen (secondary N) is 1. The Morgan fingerprint density at radius 2 is 2.14 bits per heavy atom. The molecule has 0 atom stereocenters. The molecule has 0 aliphatic carbocycles. The molecule has 0 radical (unpaired) electrons. The number of pyridine rings is 1. The summed E-state index contributed by atoms with van der Waals surface area (Å²) in [6, 6.07) is 7.91. The zero-order valence-electron chi connectivity index (χ0n) is 7.74. The van der Waals surface area contributed by atoms with Crippen LogP contribution in [0, 0.1) is 0 Å². The second-order valence-electron chi connectivity index (χ2n) is 3.50. The molecule has 68 valence electrons. The first-order valence-electron chi connectivity index (χ1n) is 4.50. The van der Waals surface area contributed by atoms with E-state index >= 15 is 0 Å². The number of anilines is 1. The van der Waals surface area contributed by atoms with Gasteiger partial charge in [0.1, 0.15) is 7.05 Å². The van der Waals surface area contributed by atoms with Crippen LogP contribution in [0.5, 0.6) is 0 Å². The molecule has 1 amide bonds. The fraction of sp³-hybridized carbons (Fsp3) is 0.0909. The molecule has 1 aromatic heterocycles. The van der Waals surface area contributed by atoms with Crippen LogP contribution in [-0.2, 0) is 7.05 Å². The van der Waals surface area contributed by atoms with Crippen LogP contribution in [-0.4, -0.2) is 5.91 Å². The number of amides is 1. The summed E-state index contributed by atoms with van der Waals surface area (Å²) < 4.78 is 1.86. The van der Waals surface area contributed by atoms with Crippen molar-refractivity contribution < 1.29 is 9.36 Å². The minimum atomic E-state index is -0.0145. The lowest BCUT2D eigenvalue weighted by Crippen LogP contribution is -2.35. The molecule has 0 spiro atoms. The molecular formula is C11H9N2O+. The summed E-state index contributed by atoms with van der Waals surface area (Å²) in [6.45, 7) is 0. The average Bonchev–Trinajstić information content (AvgIpc) is 2.51. The standard InChI is InChI=1S/C11H8N2O/c1-13-6-5-7-3-2-4-8-9(7)10(13)11(14)12-8/h2-6H,1H3/p+1. The molecule has 3 heteroatoms. The first-order chi connectivity index (χ1) is 6.77. The smallest absolute Gasteiger partial charge is 0.316 e. The molecule has 0 fully saturated rings. The molecule has 3 rings (SSSR count). The Hall–Kier alpha value is -1.90. The zero-order chi connectivity index (χ0) is 9.71. The molecule has 2 aromatic rings. The summed E-state index contributed by atoms with van der Waals surface area (Å²) in [4.78, 5) is 11.6. The van der Waals surface area contributed by atoms with Gasteiger partial charge >= 0.3 is 5.91 Å². The van der Waals surface area contributed by atoms with Crippen LogP contribution in [0.2, 0.25) is 0 Å². The Morgan fingerprint density at radius 3 is 3.00 bits per heavy atom. The first kappa shape index (κ1) is 7.50. The highest BCUT2D eigenvalue weighted by Gasteiger charge is 2.29. The van der Waals surface area contributed by atoms with E-state index in [4.69, 9.17) is 0 Å². The van der Waals surface area contributed by atoms with Crippen molar-refractivity contribution >= 4 is 22.4 Å². The van der Waals surface area contributed by atoms with Crippen LogP contribution in [0.1, 0.15) is 10.5 Å². The molecule has 1 aromatic carbocycles. The van der Waals surface area contributed by atoms with E-state index in [-0.39, 0.29) is 5.91 Å². The van der Waals surface area contributed by atoms with Gasteiger partial charge in [0.25, 0.3) is 5.69 Å². The monoisotopic (exact) mass is 185 g/mol. The normalized spacial score (nSPS) is 13.4. The maximum absolute atomic E-state index is 11.6. The summed E-state index contributed by atoms with van der Waals surface area (Å²) in [7, 11) is 1.89. The van der Waals surface area contributed by atoms with Crippen molar-refractivity contribution in [3.63, 3.8) is 0 Å². The molecule has 2 heterocycles. The lowest BCUT2D eigenvalue weighted by atomic mass is 10.1. The molecule has 1 aliphatic rings. The van der Waals surface area contributed by atoms with Crippen LogP contribution in [0.4, 0.5) is 5.69 Å².